The summed E-state index contributed by atoms with van der Waals surface area (Å²) in [5.74, 6) is -0.00935. The van der Waals surface area contributed by atoms with Crippen LogP contribution in [-0.4, -0.2) is 21.1 Å². The molecular formula is C17H12N4O2S. The van der Waals surface area contributed by atoms with E-state index in [-0.39, 0.29) is 11.9 Å². The van der Waals surface area contributed by atoms with E-state index in [2.05, 4.69) is 20.5 Å². The molecule has 0 aliphatic rings. The Kier molecular flexibility index (Phi) is 3.55. The third-order valence-electron chi connectivity index (χ3n) is 3.43. The van der Waals surface area contributed by atoms with Gasteiger partial charge in [-0.3, -0.25) is 10.1 Å². The molecule has 0 bridgehead atoms. The van der Waals surface area contributed by atoms with Gasteiger partial charge in [0.05, 0.1) is 10.2 Å². The fourth-order valence-corrected chi connectivity index (χ4v) is 3.07. The number of thiazole rings is 1. The van der Waals surface area contributed by atoms with Crippen LogP contribution in [-0.2, 0) is 0 Å². The van der Waals surface area contributed by atoms with E-state index in [4.69, 9.17) is 4.42 Å². The van der Waals surface area contributed by atoms with Crippen LogP contribution in [0.4, 0.5) is 6.01 Å². The Labute approximate surface area is 141 Å². The van der Waals surface area contributed by atoms with Gasteiger partial charge in [0.2, 0.25) is 5.89 Å². The van der Waals surface area contributed by atoms with Crippen molar-refractivity contribution in [3.63, 3.8) is 0 Å². The SMILES string of the molecule is Cc1ccc(-c2nnc(NC(=O)c3nc4ccccc4s3)o2)cc1. The molecule has 6 nitrogen and oxygen atoms in total. The molecule has 118 valence electrons. The molecule has 0 saturated heterocycles. The van der Waals surface area contributed by atoms with Gasteiger partial charge >= 0.3 is 6.01 Å². The van der Waals surface area contributed by atoms with Crippen molar-refractivity contribution in [1.29, 1.82) is 0 Å². The number of carbonyl (C=O) groups is 1. The van der Waals surface area contributed by atoms with Gasteiger partial charge in [0.1, 0.15) is 0 Å². The molecule has 0 unspecified atom stereocenters. The quantitative estimate of drug-likeness (QED) is 0.613. The Bertz CT molecular complexity index is 987. The maximum Gasteiger partial charge on any atom is 0.322 e. The number of hydrogen-bond acceptors (Lipinski definition) is 6. The van der Waals surface area contributed by atoms with Crippen molar-refractivity contribution in [3.05, 3.63) is 59.1 Å². The van der Waals surface area contributed by atoms with Gasteiger partial charge in [0, 0.05) is 5.56 Å². The highest BCUT2D eigenvalue weighted by Crippen LogP contribution is 2.23. The minimum Gasteiger partial charge on any atom is -0.403 e. The van der Waals surface area contributed by atoms with Gasteiger partial charge in [-0.25, -0.2) is 4.98 Å². The number of aromatic nitrogens is 3. The lowest BCUT2D eigenvalue weighted by Gasteiger charge is -1.96. The van der Waals surface area contributed by atoms with Crippen LogP contribution in [0, 0.1) is 6.92 Å². The second-order valence-electron chi connectivity index (χ2n) is 5.22. The summed E-state index contributed by atoms with van der Waals surface area (Å²) >= 11 is 1.32. The van der Waals surface area contributed by atoms with E-state index < -0.39 is 0 Å². The van der Waals surface area contributed by atoms with Crippen LogP contribution in [0.15, 0.2) is 52.9 Å². The summed E-state index contributed by atoms with van der Waals surface area (Å²) in [4.78, 5) is 16.6. The molecule has 4 rings (SSSR count). The lowest BCUT2D eigenvalue weighted by Crippen LogP contribution is -2.11. The second-order valence-corrected chi connectivity index (χ2v) is 6.25. The number of rotatable bonds is 3. The molecule has 0 atom stereocenters. The van der Waals surface area contributed by atoms with Gasteiger partial charge in [-0.2, -0.15) is 0 Å². The van der Waals surface area contributed by atoms with Crippen molar-refractivity contribution in [3.8, 4) is 11.5 Å². The number of amides is 1. The van der Waals surface area contributed by atoms with E-state index in [1.165, 1.54) is 11.3 Å². The zero-order valence-corrected chi connectivity index (χ0v) is 13.5. The highest BCUT2D eigenvalue weighted by molar-refractivity contribution is 7.20. The Morgan fingerprint density at radius 2 is 1.88 bits per heavy atom. The van der Waals surface area contributed by atoms with E-state index in [1.807, 2.05) is 55.5 Å². The van der Waals surface area contributed by atoms with Crippen molar-refractivity contribution in [2.24, 2.45) is 0 Å². The molecule has 0 aliphatic heterocycles. The number of anilines is 1. The zero-order valence-electron chi connectivity index (χ0n) is 12.7. The van der Waals surface area contributed by atoms with Crippen LogP contribution in [0.5, 0.6) is 0 Å². The van der Waals surface area contributed by atoms with Crippen molar-refractivity contribution in [2.75, 3.05) is 5.32 Å². The van der Waals surface area contributed by atoms with Crippen molar-refractivity contribution in [1.82, 2.24) is 15.2 Å². The minimum absolute atomic E-state index is 0.0508. The van der Waals surface area contributed by atoms with E-state index >= 15 is 0 Å². The zero-order chi connectivity index (χ0) is 16.5. The summed E-state index contributed by atoms with van der Waals surface area (Å²) in [5.41, 5.74) is 2.73. The monoisotopic (exact) mass is 336 g/mol. The predicted molar refractivity (Wildman–Crippen MR) is 92.0 cm³/mol. The summed E-state index contributed by atoms with van der Waals surface area (Å²) in [6.45, 7) is 2.00. The Hall–Kier alpha value is -3.06. The van der Waals surface area contributed by atoms with Gasteiger partial charge in [0.15, 0.2) is 5.01 Å². The lowest BCUT2D eigenvalue weighted by atomic mass is 10.1. The minimum atomic E-state index is -0.365. The van der Waals surface area contributed by atoms with Crippen LogP contribution >= 0.6 is 11.3 Å². The summed E-state index contributed by atoms with van der Waals surface area (Å²) in [6, 6.07) is 15.3. The number of nitrogens with one attached hydrogen (secondary N) is 1. The maximum atomic E-state index is 12.3. The van der Waals surface area contributed by atoms with Gasteiger partial charge in [-0.15, -0.1) is 16.4 Å². The largest absolute Gasteiger partial charge is 0.403 e. The van der Waals surface area contributed by atoms with Gasteiger partial charge in [0.25, 0.3) is 5.91 Å². The first-order chi connectivity index (χ1) is 11.7. The summed E-state index contributed by atoms with van der Waals surface area (Å²) in [5, 5.41) is 10.8. The van der Waals surface area contributed by atoms with Crippen LogP contribution in [0.2, 0.25) is 0 Å². The maximum absolute atomic E-state index is 12.3. The van der Waals surface area contributed by atoms with E-state index in [1.54, 1.807) is 0 Å². The molecule has 0 aliphatic carbocycles. The summed E-state index contributed by atoms with van der Waals surface area (Å²) in [7, 11) is 0. The third-order valence-corrected chi connectivity index (χ3v) is 4.47. The molecule has 1 N–H and O–H groups in total. The molecule has 7 heteroatoms. The number of nitrogens with zero attached hydrogens (tertiary/aromatic N) is 3. The fourth-order valence-electron chi connectivity index (χ4n) is 2.21. The van der Waals surface area contributed by atoms with E-state index in [0.29, 0.717) is 10.9 Å². The number of benzene rings is 2. The smallest absolute Gasteiger partial charge is 0.322 e. The van der Waals surface area contributed by atoms with Crippen molar-refractivity contribution >= 4 is 33.5 Å². The first-order valence-electron chi connectivity index (χ1n) is 7.26. The van der Waals surface area contributed by atoms with Crippen LogP contribution in [0.1, 0.15) is 15.4 Å². The molecule has 4 aromatic rings. The van der Waals surface area contributed by atoms with Gasteiger partial charge < -0.3 is 4.42 Å². The first-order valence-corrected chi connectivity index (χ1v) is 8.08. The topological polar surface area (TPSA) is 80.9 Å². The van der Waals surface area contributed by atoms with Gasteiger partial charge in [-0.05, 0) is 31.2 Å². The fraction of sp³-hybridized carbons (Fsp3) is 0.0588. The number of fused-ring (bicyclic) bond motifs is 1. The average Bonchev–Trinajstić information content (AvgIpc) is 3.22. The van der Waals surface area contributed by atoms with Crippen molar-refractivity contribution in [2.45, 2.75) is 6.92 Å². The number of carbonyl (C=O) groups excluding carboxylic acids is 1. The standard InChI is InChI=1S/C17H12N4O2S/c1-10-6-8-11(9-7-10)15-20-21-17(23-15)19-14(22)16-18-12-4-2-3-5-13(12)24-16/h2-9H,1H3,(H,19,21,22). The van der Waals surface area contributed by atoms with E-state index in [9.17, 15) is 4.79 Å². The molecule has 1 amide bonds. The average molecular weight is 336 g/mol. The van der Waals surface area contributed by atoms with E-state index in [0.717, 1.165) is 21.3 Å². The summed E-state index contributed by atoms with van der Waals surface area (Å²) < 4.78 is 6.45. The van der Waals surface area contributed by atoms with Crippen LogP contribution < -0.4 is 5.32 Å². The first kappa shape index (κ1) is 14.5. The number of hydrogen-bond donors (Lipinski definition) is 1. The molecule has 0 spiro atoms. The Morgan fingerprint density at radius 3 is 2.67 bits per heavy atom. The van der Waals surface area contributed by atoms with Crippen molar-refractivity contribution < 1.29 is 9.21 Å². The lowest BCUT2D eigenvalue weighted by molar-refractivity contribution is 0.102. The van der Waals surface area contributed by atoms with Crippen LogP contribution in [0.3, 0.4) is 0 Å². The predicted octanol–water partition coefficient (Wildman–Crippen LogP) is 3.91. The highest BCUT2D eigenvalue weighted by Gasteiger charge is 2.16. The molecule has 0 fully saturated rings. The Balaban J connectivity index is 1.54. The molecule has 24 heavy (non-hydrogen) atoms. The van der Waals surface area contributed by atoms with Gasteiger partial charge in [-0.1, -0.05) is 34.9 Å². The number of aryl methyl sites for hydroxylation is 1. The molecule has 2 aromatic heterocycles. The Morgan fingerprint density at radius 1 is 1.08 bits per heavy atom. The highest BCUT2D eigenvalue weighted by atomic mass is 32.1. The molecule has 2 heterocycles. The molecular weight excluding hydrogens is 324 g/mol. The van der Waals surface area contributed by atoms with Crippen LogP contribution in [0.25, 0.3) is 21.7 Å². The summed E-state index contributed by atoms with van der Waals surface area (Å²) in [6.07, 6.45) is 0. The second kappa shape index (κ2) is 5.86. The normalized spacial score (nSPS) is 10.9. The number of para-hydroxylation sites is 1. The molecule has 0 radical (unpaired) electrons. The molecule has 0 saturated carbocycles. The molecule has 2 aromatic carbocycles. The third kappa shape index (κ3) is 2.77.